The Morgan fingerprint density at radius 2 is 2.16 bits per heavy atom. The van der Waals surface area contributed by atoms with Crippen LogP contribution in [0.5, 0.6) is 0 Å². The second-order valence-electron chi connectivity index (χ2n) is 10.2. The third kappa shape index (κ3) is 3.56. The van der Waals surface area contributed by atoms with E-state index in [0.29, 0.717) is 25.3 Å². The molecular weight excluding hydrogens is 402 g/mol. The number of nitrogens with zero attached hydrogens (tertiary/aromatic N) is 2. The van der Waals surface area contributed by atoms with Gasteiger partial charge < -0.3 is 26.4 Å². The van der Waals surface area contributed by atoms with Crippen LogP contribution in [0.1, 0.15) is 68.4 Å². The lowest BCUT2D eigenvalue weighted by molar-refractivity contribution is 0.0147. The molecule has 3 aliphatic rings. The zero-order chi connectivity index (χ0) is 23.3. The Balaban J connectivity index is 1.60. The van der Waals surface area contributed by atoms with Crippen molar-refractivity contribution in [2.75, 3.05) is 13.1 Å². The molecule has 1 amide bonds. The van der Waals surface area contributed by atoms with Crippen LogP contribution in [0, 0.1) is 0 Å². The summed E-state index contributed by atoms with van der Waals surface area (Å²) in [6, 6.07) is 5.35. The molecule has 0 spiro atoms. The lowest BCUT2D eigenvalue weighted by Crippen LogP contribution is -2.64. The minimum atomic E-state index is -0.806. The highest BCUT2D eigenvalue weighted by Gasteiger charge is 2.57. The molecule has 0 bridgehead atoms. The molecule has 7 heteroatoms. The number of aliphatic hydroxyl groups is 1. The molecule has 7 nitrogen and oxygen atoms in total. The van der Waals surface area contributed by atoms with Gasteiger partial charge in [0.15, 0.2) is 0 Å². The first-order valence-corrected chi connectivity index (χ1v) is 11.7. The summed E-state index contributed by atoms with van der Waals surface area (Å²) in [7, 11) is 0. The van der Waals surface area contributed by atoms with Crippen molar-refractivity contribution in [2.45, 2.75) is 82.5 Å². The van der Waals surface area contributed by atoms with Crippen LogP contribution < -0.4 is 16.4 Å². The van der Waals surface area contributed by atoms with E-state index in [1.165, 1.54) is 5.56 Å². The number of hydrogen-bond acceptors (Lipinski definition) is 5. The van der Waals surface area contributed by atoms with Crippen molar-refractivity contribution in [3.05, 3.63) is 47.3 Å². The van der Waals surface area contributed by atoms with Gasteiger partial charge in [0, 0.05) is 25.1 Å². The fourth-order valence-corrected chi connectivity index (χ4v) is 5.74. The van der Waals surface area contributed by atoms with E-state index in [4.69, 9.17) is 5.73 Å². The predicted octanol–water partition coefficient (Wildman–Crippen LogP) is 2.04. The molecule has 0 saturated carbocycles. The zero-order valence-electron chi connectivity index (χ0n) is 19.7. The summed E-state index contributed by atoms with van der Waals surface area (Å²) < 4.78 is 0. The molecule has 4 atom stereocenters. The molecule has 5 N–H and O–H groups in total. The van der Waals surface area contributed by atoms with Gasteiger partial charge in [-0.15, -0.1) is 0 Å². The maximum absolute atomic E-state index is 13.4. The maximum atomic E-state index is 13.4. The summed E-state index contributed by atoms with van der Waals surface area (Å²) in [5.41, 5.74) is 8.53. The van der Waals surface area contributed by atoms with E-state index in [9.17, 15) is 9.90 Å². The van der Waals surface area contributed by atoms with Gasteiger partial charge in [0.2, 0.25) is 0 Å². The molecule has 3 unspecified atom stereocenters. The third-order valence-electron chi connectivity index (χ3n) is 7.82. The molecule has 174 valence electrons. The van der Waals surface area contributed by atoms with Gasteiger partial charge >= 0.3 is 0 Å². The van der Waals surface area contributed by atoms with Crippen LogP contribution in [0.2, 0.25) is 0 Å². The first-order valence-electron chi connectivity index (χ1n) is 11.7. The molecule has 1 aromatic rings. The highest BCUT2D eigenvalue weighted by atomic mass is 16.3. The number of rotatable bonds is 4. The summed E-state index contributed by atoms with van der Waals surface area (Å²) in [5.74, 6) is 1.17. The van der Waals surface area contributed by atoms with Gasteiger partial charge in [-0.05, 0) is 48.8 Å². The van der Waals surface area contributed by atoms with E-state index in [-0.39, 0.29) is 17.4 Å². The standard InChI is InChI=1S/C25H37N5O2/c1-6-21(26)29-20-13-27-15(2)30-14-19(22(31)25(20,30)5)28-23(32)17-9-7-11-18-16(17)10-8-12-24(18,3)4/h7,9,11,19-20,22,27,31H,2,6,8,10,12-14H2,1,3-5H3,(H2,26,29)(H,28,32)/t19-,20?,22?,25?/m1/s1. The van der Waals surface area contributed by atoms with Crippen LogP contribution in [0.3, 0.4) is 0 Å². The quantitative estimate of drug-likeness (QED) is 0.425. The summed E-state index contributed by atoms with van der Waals surface area (Å²) in [5, 5.41) is 17.8. The monoisotopic (exact) mass is 439 g/mol. The van der Waals surface area contributed by atoms with Crippen molar-refractivity contribution in [2.24, 2.45) is 10.7 Å². The van der Waals surface area contributed by atoms with Crippen LogP contribution >= 0.6 is 0 Å². The van der Waals surface area contributed by atoms with Crippen molar-refractivity contribution in [3.8, 4) is 0 Å². The van der Waals surface area contributed by atoms with E-state index in [1.54, 1.807) is 0 Å². The topological polar surface area (TPSA) is 103 Å². The smallest absolute Gasteiger partial charge is 0.251 e. The van der Waals surface area contributed by atoms with Gasteiger partial charge in [-0.1, -0.05) is 39.5 Å². The number of aliphatic imine (C=N–C) groups is 1. The molecule has 4 rings (SSSR count). The van der Waals surface area contributed by atoms with Crippen molar-refractivity contribution in [1.82, 2.24) is 15.5 Å². The van der Waals surface area contributed by atoms with E-state index in [2.05, 4.69) is 42.1 Å². The Bertz CT molecular complexity index is 956. The summed E-state index contributed by atoms with van der Waals surface area (Å²) in [6.45, 7) is 13.6. The molecule has 32 heavy (non-hydrogen) atoms. The Kier molecular flexibility index (Phi) is 5.74. The molecular formula is C25H37N5O2. The Morgan fingerprint density at radius 3 is 2.88 bits per heavy atom. The van der Waals surface area contributed by atoms with Gasteiger partial charge in [0.05, 0.1) is 29.3 Å². The summed E-state index contributed by atoms with van der Waals surface area (Å²) in [4.78, 5) is 20.1. The van der Waals surface area contributed by atoms with Gasteiger partial charge in [0.25, 0.3) is 5.91 Å². The molecule has 0 aromatic heterocycles. The number of nitrogens with two attached hydrogens (primary N) is 1. The predicted molar refractivity (Wildman–Crippen MR) is 128 cm³/mol. The fourth-order valence-electron chi connectivity index (χ4n) is 5.74. The normalized spacial score (nSPS) is 31.5. The van der Waals surface area contributed by atoms with Crippen molar-refractivity contribution >= 4 is 11.7 Å². The molecule has 2 heterocycles. The van der Waals surface area contributed by atoms with Gasteiger partial charge in [-0.2, -0.15) is 0 Å². The van der Waals surface area contributed by atoms with Gasteiger partial charge in [-0.25, -0.2) is 0 Å². The van der Waals surface area contributed by atoms with E-state index in [1.807, 2.05) is 30.9 Å². The number of carbonyl (C=O) groups is 1. The lowest BCUT2D eigenvalue weighted by Gasteiger charge is -2.48. The van der Waals surface area contributed by atoms with E-state index < -0.39 is 17.7 Å². The minimum absolute atomic E-state index is 0.0682. The average molecular weight is 440 g/mol. The van der Waals surface area contributed by atoms with Crippen molar-refractivity contribution < 1.29 is 9.90 Å². The highest BCUT2D eigenvalue weighted by Crippen LogP contribution is 2.40. The Hall–Kier alpha value is -2.54. The minimum Gasteiger partial charge on any atom is -0.388 e. The van der Waals surface area contributed by atoms with Gasteiger partial charge in [-0.3, -0.25) is 9.79 Å². The van der Waals surface area contributed by atoms with Crippen LogP contribution in [0.15, 0.2) is 35.6 Å². The zero-order valence-corrected chi connectivity index (χ0v) is 19.7. The maximum Gasteiger partial charge on any atom is 0.251 e. The largest absolute Gasteiger partial charge is 0.388 e. The molecule has 1 aliphatic carbocycles. The van der Waals surface area contributed by atoms with E-state index in [0.717, 1.165) is 36.2 Å². The second-order valence-corrected chi connectivity index (χ2v) is 10.2. The molecule has 1 aromatic carbocycles. The van der Waals surface area contributed by atoms with Crippen LogP contribution in [0.4, 0.5) is 0 Å². The Morgan fingerprint density at radius 1 is 1.41 bits per heavy atom. The molecule has 2 aliphatic heterocycles. The fraction of sp³-hybridized carbons (Fsp3) is 0.600. The number of fused-ring (bicyclic) bond motifs is 2. The molecule has 0 radical (unpaired) electrons. The summed E-state index contributed by atoms with van der Waals surface area (Å²) in [6.07, 6.45) is 2.95. The van der Waals surface area contributed by atoms with Crippen molar-refractivity contribution in [1.29, 1.82) is 0 Å². The molecule has 2 fully saturated rings. The Labute approximate surface area is 191 Å². The second kappa shape index (κ2) is 8.10. The number of benzene rings is 1. The molecule has 2 saturated heterocycles. The summed E-state index contributed by atoms with van der Waals surface area (Å²) >= 11 is 0. The number of hydrogen-bond donors (Lipinski definition) is 4. The number of carbonyl (C=O) groups excluding carboxylic acids is 1. The van der Waals surface area contributed by atoms with Crippen LogP contribution in [-0.2, 0) is 11.8 Å². The highest BCUT2D eigenvalue weighted by molar-refractivity contribution is 5.96. The first-order chi connectivity index (χ1) is 15.1. The lowest BCUT2D eigenvalue weighted by atomic mass is 9.71. The number of amidine groups is 1. The number of amides is 1. The van der Waals surface area contributed by atoms with Crippen LogP contribution in [-0.4, -0.2) is 58.6 Å². The van der Waals surface area contributed by atoms with E-state index >= 15 is 0 Å². The van der Waals surface area contributed by atoms with Crippen molar-refractivity contribution in [3.63, 3.8) is 0 Å². The van der Waals surface area contributed by atoms with Gasteiger partial charge in [0.1, 0.15) is 6.10 Å². The SMILES string of the molecule is C=C1NCC(N=C(N)CC)C2(C)C(O)[C@H](NC(=O)c3cccc4c3CCCC4(C)C)CN12. The third-order valence-corrected chi connectivity index (χ3v) is 7.82. The first kappa shape index (κ1) is 22.6. The number of nitrogens with one attached hydrogen (secondary N) is 2. The average Bonchev–Trinajstić information content (AvgIpc) is 3.01. The van der Waals surface area contributed by atoms with Crippen LogP contribution in [0.25, 0.3) is 0 Å². The number of aliphatic hydroxyl groups excluding tert-OH is 1.